The number of aliphatic carboxylic acids is 1. The lowest BCUT2D eigenvalue weighted by Crippen LogP contribution is -2.32. The minimum absolute atomic E-state index is 0.160. The predicted octanol–water partition coefficient (Wildman–Crippen LogP) is 1.23. The lowest BCUT2D eigenvalue weighted by atomic mass is 10.1. The molecular weight excluding hydrogens is 238 g/mol. The highest BCUT2D eigenvalue weighted by molar-refractivity contribution is 6.33. The Balaban J connectivity index is 0.000000557. The second kappa shape index (κ2) is 7.56. The molecule has 0 aliphatic rings. The molecule has 0 amide bonds. The fraction of sp³-hybridized carbons (Fsp3) is 0.222. The van der Waals surface area contributed by atoms with Crippen molar-refractivity contribution in [2.45, 2.75) is 12.5 Å². The van der Waals surface area contributed by atoms with Gasteiger partial charge < -0.3 is 15.9 Å². The summed E-state index contributed by atoms with van der Waals surface area (Å²) in [6.07, 6.45) is 0.273. The van der Waals surface area contributed by atoms with Crippen molar-refractivity contribution in [3.8, 4) is 5.75 Å². The summed E-state index contributed by atoms with van der Waals surface area (Å²) < 4.78 is 29.0. The Morgan fingerprint density at radius 1 is 1.29 bits per heavy atom. The third-order valence-corrected chi connectivity index (χ3v) is 1.71. The van der Waals surface area contributed by atoms with Crippen molar-refractivity contribution in [1.82, 2.24) is 0 Å². The summed E-state index contributed by atoms with van der Waals surface area (Å²) in [6, 6.07) is 5.42. The number of benzene rings is 1. The van der Waals surface area contributed by atoms with Crippen molar-refractivity contribution in [2.75, 3.05) is 0 Å². The van der Waals surface area contributed by atoms with E-state index >= 15 is 0 Å². The van der Waals surface area contributed by atoms with Crippen LogP contribution in [-0.2, 0) is 11.2 Å². The van der Waals surface area contributed by atoms with Gasteiger partial charge in [0.1, 0.15) is 11.8 Å². The van der Waals surface area contributed by atoms with Gasteiger partial charge in [-0.25, -0.2) is 0 Å². The summed E-state index contributed by atoms with van der Waals surface area (Å²) in [7, 11) is -3.67. The quantitative estimate of drug-likeness (QED) is 0.703. The number of phenolic OH excluding ortho intramolecular Hbond substituents is 1. The first-order valence-corrected chi connectivity index (χ1v) is 4.51. The van der Waals surface area contributed by atoms with Gasteiger partial charge in [0.05, 0.1) is 0 Å². The van der Waals surface area contributed by atoms with Crippen LogP contribution in [-0.4, -0.2) is 29.8 Å². The standard InChI is InChI=1S/C9H11NO3.BF3/c10-8(9(12)13)5-6-1-3-7(11)4-2-6;2-1(3)4/h1-4,8,11H,5,10H2,(H,12,13);. The van der Waals surface area contributed by atoms with Crippen LogP contribution in [0.15, 0.2) is 24.3 Å². The first kappa shape index (κ1) is 15.3. The monoisotopic (exact) mass is 249 g/mol. The van der Waals surface area contributed by atoms with Crippen LogP contribution in [0.25, 0.3) is 0 Å². The zero-order valence-corrected chi connectivity index (χ0v) is 8.69. The third kappa shape index (κ3) is 8.15. The van der Waals surface area contributed by atoms with Crippen LogP contribution in [0.5, 0.6) is 5.75 Å². The van der Waals surface area contributed by atoms with Crippen LogP contribution in [0.2, 0.25) is 0 Å². The Morgan fingerprint density at radius 2 is 1.71 bits per heavy atom. The number of hydrogen-bond acceptors (Lipinski definition) is 3. The molecule has 0 aliphatic heterocycles. The van der Waals surface area contributed by atoms with Crippen molar-refractivity contribution < 1.29 is 28.0 Å². The topological polar surface area (TPSA) is 83.5 Å². The normalized spacial score (nSPS) is 11.1. The lowest BCUT2D eigenvalue weighted by molar-refractivity contribution is -0.138. The van der Waals surface area contributed by atoms with E-state index in [2.05, 4.69) is 0 Å². The number of rotatable bonds is 3. The number of carbonyl (C=O) groups is 1. The zero-order chi connectivity index (χ0) is 13.4. The van der Waals surface area contributed by atoms with Crippen LogP contribution >= 0.6 is 0 Å². The second-order valence-electron chi connectivity index (χ2n) is 3.06. The van der Waals surface area contributed by atoms with Gasteiger partial charge in [-0.05, 0) is 24.1 Å². The lowest BCUT2D eigenvalue weighted by Gasteiger charge is -2.05. The molecule has 4 nitrogen and oxygen atoms in total. The molecule has 0 bridgehead atoms. The summed E-state index contributed by atoms with van der Waals surface area (Å²) in [5.41, 5.74) is 6.12. The molecule has 0 spiro atoms. The minimum atomic E-state index is -3.67. The highest BCUT2D eigenvalue weighted by Gasteiger charge is 2.11. The molecule has 0 aliphatic carbocycles. The second-order valence-corrected chi connectivity index (χ2v) is 3.06. The summed E-state index contributed by atoms with van der Waals surface area (Å²) in [6.45, 7) is 0. The molecule has 1 unspecified atom stereocenters. The van der Waals surface area contributed by atoms with Crippen molar-refractivity contribution >= 4 is 13.5 Å². The van der Waals surface area contributed by atoms with E-state index in [1.165, 1.54) is 12.1 Å². The number of carboxylic acids is 1. The first-order chi connectivity index (χ1) is 7.82. The molecule has 4 N–H and O–H groups in total. The van der Waals surface area contributed by atoms with Crippen LogP contribution in [0.3, 0.4) is 0 Å². The molecule has 8 heteroatoms. The number of aromatic hydroxyl groups is 1. The minimum Gasteiger partial charge on any atom is -0.508 e. The Morgan fingerprint density at radius 3 is 2.06 bits per heavy atom. The maximum atomic E-state index is 10.4. The molecule has 1 rings (SSSR count). The van der Waals surface area contributed by atoms with Crippen molar-refractivity contribution in [3.05, 3.63) is 29.8 Å². The van der Waals surface area contributed by atoms with Gasteiger partial charge in [0.15, 0.2) is 0 Å². The highest BCUT2D eigenvalue weighted by atomic mass is 19.4. The smallest absolute Gasteiger partial charge is 0.508 e. The van der Waals surface area contributed by atoms with Crippen LogP contribution in [0.1, 0.15) is 5.56 Å². The molecule has 0 heterocycles. The molecule has 1 atom stereocenters. The molecule has 1 aromatic carbocycles. The Kier molecular flexibility index (Phi) is 6.80. The van der Waals surface area contributed by atoms with Gasteiger partial charge in [-0.15, -0.1) is 0 Å². The molecular formula is C9H11BF3NO3. The van der Waals surface area contributed by atoms with Crippen LogP contribution in [0, 0.1) is 0 Å². The average Bonchev–Trinajstić information content (AvgIpc) is 2.20. The summed E-state index contributed by atoms with van der Waals surface area (Å²) >= 11 is 0. The van der Waals surface area contributed by atoms with E-state index in [1.54, 1.807) is 12.1 Å². The Hall–Kier alpha value is -1.70. The average molecular weight is 249 g/mol. The summed E-state index contributed by atoms with van der Waals surface area (Å²) in [4.78, 5) is 10.4. The fourth-order valence-corrected chi connectivity index (χ4v) is 0.973. The van der Waals surface area contributed by atoms with Crippen LogP contribution < -0.4 is 5.73 Å². The van der Waals surface area contributed by atoms with E-state index in [-0.39, 0.29) is 12.2 Å². The molecule has 17 heavy (non-hydrogen) atoms. The number of carboxylic acid groups (broad SMARTS) is 1. The Labute approximate surface area is 96.1 Å². The summed E-state index contributed by atoms with van der Waals surface area (Å²) in [5, 5.41) is 17.5. The Bertz CT molecular complexity index is 345. The van der Waals surface area contributed by atoms with Gasteiger partial charge in [-0.2, -0.15) is 0 Å². The number of phenols is 1. The van der Waals surface area contributed by atoms with E-state index in [1.807, 2.05) is 0 Å². The maximum Gasteiger partial charge on any atom is 0.762 e. The van der Waals surface area contributed by atoms with E-state index in [0.29, 0.717) is 0 Å². The maximum absolute atomic E-state index is 10.4. The molecule has 0 saturated carbocycles. The summed E-state index contributed by atoms with van der Waals surface area (Å²) in [5.74, 6) is -0.860. The SMILES string of the molecule is FB(F)F.NC(Cc1ccc(O)cc1)C(=O)O. The highest BCUT2D eigenvalue weighted by Crippen LogP contribution is 2.10. The van der Waals surface area contributed by atoms with Crippen molar-refractivity contribution in [2.24, 2.45) is 5.73 Å². The van der Waals surface area contributed by atoms with Crippen LogP contribution in [0.4, 0.5) is 12.9 Å². The molecule has 94 valence electrons. The predicted molar refractivity (Wildman–Crippen MR) is 56.5 cm³/mol. The number of nitrogens with two attached hydrogens (primary N) is 1. The fourth-order valence-electron chi connectivity index (χ4n) is 0.973. The van der Waals surface area contributed by atoms with Gasteiger partial charge >= 0.3 is 13.5 Å². The molecule has 0 radical (unpaired) electrons. The van der Waals surface area contributed by atoms with Crippen molar-refractivity contribution in [3.63, 3.8) is 0 Å². The van der Waals surface area contributed by atoms with Crippen molar-refractivity contribution in [1.29, 1.82) is 0 Å². The largest absolute Gasteiger partial charge is 0.762 e. The number of hydrogen-bond donors (Lipinski definition) is 3. The van der Waals surface area contributed by atoms with Gasteiger partial charge in [0, 0.05) is 0 Å². The third-order valence-electron chi connectivity index (χ3n) is 1.71. The van der Waals surface area contributed by atoms with E-state index < -0.39 is 19.6 Å². The molecule has 1 aromatic rings. The number of halogens is 3. The van der Waals surface area contributed by atoms with Gasteiger partial charge in [-0.1, -0.05) is 12.1 Å². The van der Waals surface area contributed by atoms with E-state index in [4.69, 9.17) is 15.9 Å². The first-order valence-electron chi connectivity index (χ1n) is 4.51. The van der Waals surface area contributed by atoms with E-state index in [9.17, 15) is 17.7 Å². The zero-order valence-electron chi connectivity index (χ0n) is 8.69. The van der Waals surface area contributed by atoms with Gasteiger partial charge in [0.2, 0.25) is 0 Å². The van der Waals surface area contributed by atoms with Gasteiger partial charge in [-0.3, -0.25) is 17.7 Å². The van der Waals surface area contributed by atoms with E-state index in [0.717, 1.165) is 5.56 Å². The molecule has 0 saturated heterocycles. The van der Waals surface area contributed by atoms with Gasteiger partial charge in [0.25, 0.3) is 0 Å². The molecule has 0 aromatic heterocycles. The molecule has 0 fully saturated rings.